The van der Waals surface area contributed by atoms with E-state index in [4.69, 9.17) is 0 Å². The molecule has 2 heteroatoms. The fourth-order valence-electron chi connectivity index (χ4n) is 5.78. The molecule has 0 spiro atoms. The Kier molecular flexibility index (Phi) is 6.14. The zero-order valence-electron chi connectivity index (χ0n) is 22.5. The Hall–Kier alpha value is -5.08. The van der Waals surface area contributed by atoms with Gasteiger partial charge in [0.1, 0.15) is 0 Å². The minimum Gasteiger partial charge on any atom is -0.345 e. The molecule has 0 aromatic heterocycles. The lowest BCUT2D eigenvalue weighted by atomic mass is 9.99. The van der Waals surface area contributed by atoms with E-state index >= 15 is 0 Å². The fourth-order valence-corrected chi connectivity index (χ4v) is 5.78. The van der Waals surface area contributed by atoms with Crippen LogP contribution in [-0.2, 0) is 6.42 Å². The Morgan fingerprint density at radius 3 is 1.52 bits per heavy atom. The Morgan fingerprint density at radius 1 is 0.400 bits per heavy atom. The van der Waals surface area contributed by atoms with Gasteiger partial charge in [-0.25, -0.2) is 0 Å². The third kappa shape index (κ3) is 4.44. The Morgan fingerprint density at radius 2 is 0.875 bits per heavy atom. The number of benzene rings is 6. The van der Waals surface area contributed by atoms with Gasteiger partial charge in [-0.1, -0.05) is 91.0 Å². The summed E-state index contributed by atoms with van der Waals surface area (Å²) in [6.07, 6.45) is 1.02. The van der Waals surface area contributed by atoms with Crippen molar-refractivity contribution >= 4 is 28.4 Å². The van der Waals surface area contributed by atoms with Gasteiger partial charge < -0.3 is 9.80 Å². The van der Waals surface area contributed by atoms with Crippen LogP contribution in [0.15, 0.2) is 152 Å². The van der Waals surface area contributed by atoms with Crippen LogP contribution in [0.3, 0.4) is 0 Å². The minimum absolute atomic E-state index is 1.02. The third-order valence-electron chi connectivity index (χ3n) is 7.91. The number of hydrogen-bond donors (Lipinski definition) is 0. The minimum atomic E-state index is 1.02. The highest BCUT2D eigenvalue weighted by atomic mass is 15.1. The molecular weight excluding hydrogens is 484 g/mol. The summed E-state index contributed by atoms with van der Waals surface area (Å²) in [7, 11) is 2.13. The van der Waals surface area contributed by atoms with E-state index in [0.29, 0.717) is 0 Å². The zero-order valence-corrected chi connectivity index (χ0v) is 22.5. The van der Waals surface area contributed by atoms with Gasteiger partial charge in [0.05, 0.1) is 0 Å². The van der Waals surface area contributed by atoms with Crippen molar-refractivity contribution in [3.63, 3.8) is 0 Å². The number of nitrogens with zero attached hydrogens (tertiary/aromatic N) is 2. The van der Waals surface area contributed by atoms with Crippen LogP contribution in [0.1, 0.15) is 11.1 Å². The van der Waals surface area contributed by atoms with Gasteiger partial charge in [0, 0.05) is 35.5 Å². The van der Waals surface area contributed by atoms with Gasteiger partial charge in [0.15, 0.2) is 0 Å². The molecule has 0 saturated heterocycles. The molecule has 40 heavy (non-hydrogen) atoms. The first kappa shape index (κ1) is 24.0. The summed E-state index contributed by atoms with van der Waals surface area (Å²) in [4.78, 5) is 4.52. The lowest BCUT2D eigenvalue weighted by Crippen LogP contribution is -2.11. The van der Waals surface area contributed by atoms with Gasteiger partial charge >= 0.3 is 0 Å². The molecule has 2 nitrogen and oxygen atoms in total. The van der Waals surface area contributed by atoms with Gasteiger partial charge in [0.2, 0.25) is 0 Å². The van der Waals surface area contributed by atoms with Crippen LogP contribution in [-0.4, -0.2) is 7.05 Å². The van der Waals surface area contributed by atoms with Crippen LogP contribution in [0, 0.1) is 0 Å². The summed E-state index contributed by atoms with van der Waals surface area (Å²) < 4.78 is 0. The van der Waals surface area contributed by atoms with E-state index in [2.05, 4.69) is 169 Å². The number of hydrogen-bond acceptors (Lipinski definition) is 2. The predicted octanol–water partition coefficient (Wildman–Crippen LogP) is 10.2. The molecule has 0 amide bonds. The first-order valence-electron chi connectivity index (χ1n) is 13.8. The van der Waals surface area contributed by atoms with Crippen LogP contribution in [0.5, 0.6) is 0 Å². The molecule has 0 radical (unpaired) electrons. The van der Waals surface area contributed by atoms with Crippen molar-refractivity contribution in [3.8, 4) is 22.3 Å². The molecule has 0 N–H and O–H groups in total. The third-order valence-corrected chi connectivity index (χ3v) is 7.91. The summed E-state index contributed by atoms with van der Waals surface area (Å²) in [6.45, 7) is 0. The van der Waals surface area contributed by atoms with Crippen molar-refractivity contribution in [2.45, 2.75) is 6.42 Å². The Bertz CT molecular complexity index is 1720. The smallest absolute Gasteiger partial charge is 0.0463 e. The van der Waals surface area contributed by atoms with Crippen molar-refractivity contribution in [2.24, 2.45) is 0 Å². The summed E-state index contributed by atoms with van der Waals surface area (Å²) in [5.74, 6) is 0. The molecular formula is C38H30N2. The van der Waals surface area contributed by atoms with Crippen LogP contribution in [0.25, 0.3) is 22.3 Å². The largest absolute Gasteiger partial charge is 0.345 e. The normalized spacial score (nSPS) is 11.5. The highest BCUT2D eigenvalue weighted by Crippen LogP contribution is 2.39. The van der Waals surface area contributed by atoms with Gasteiger partial charge in [-0.2, -0.15) is 0 Å². The zero-order chi connectivity index (χ0) is 26.9. The molecule has 0 unspecified atom stereocenters. The molecule has 1 aliphatic rings. The van der Waals surface area contributed by atoms with Crippen molar-refractivity contribution < 1.29 is 0 Å². The van der Waals surface area contributed by atoms with Gasteiger partial charge in [-0.05, 0) is 100 Å². The molecule has 1 aliphatic carbocycles. The van der Waals surface area contributed by atoms with E-state index in [0.717, 1.165) is 34.9 Å². The van der Waals surface area contributed by atoms with Crippen molar-refractivity contribution in [3.05, 3.63) is 163 Å². The monoisotopic (exact) mass is 514 g/mol. The predicted molar refractivity (Wildman–Crippen MR) is 169 cm³/mol. The molecule has 0 bridgehead atoms. The maximum absolute atomic E-state index is 2.36. The summed E-state index contributed by atoms with van der Waals surface area (Å²) >= 11 is 0. The molecule has 0 atom stereocenters. The van der Waals surface area contributed by atoms with E-state index in [1.165, 1.54) is 33.4 Å². The van der Waals surface area contributed by atoms with E-state index in [-0.39, 0.29) is 0 Å². The molecule has 6 aromatic rings. The molecule has 0 heterocycles. The highest BCUT2D eigenvalue weighted by Gasteiger charge is 2.18. The number of anilines is 5. The highest BCUT2D eigenvalue weighted by molar-refractivity contribution is 5.81. The quantitative estimate of drug-likeness (QED) is 0.218. The van der Waals surface area contributed by atoms with Gasteiger partial charge in [-0.3, -0.25) is 0 Å². The first-order chi connectivity index (χ1) is 19.7. The first-order valence-corrected chi connectivity index (χ1v) is 13.8. The van der Waals surface area contributed by atoms with Crippen LogP contribution < -0.4 is 9.80 Å². The fraction of sp³-hybridized carbons (Fsp3) is 0.0526. The molecule has 192 valence electrons. The van der Waals surface area contributed by atoms with Crippen LogP contribution in [0.2, 0.25) is 0 Å². The number of fused-ring (bicyclic) bond motifs is 3. The second-order valence-corrected chi connectivity index (χ2v) is 10.3. The van der Waals surface area contributed by atoms with Crippen molar-refractivity contribution in [2.75, 3.05) is 16.8 Å². The van der Waals surface area contributed by atoms with Crippen molar-refractivity contribution in [1.29, 1.82) is 0 Å². The van der Waals surface area contributed by atoms with Crippen LogP contribution >= 0.6 is 0 Å². The Labute approximate surface area is 236 Å². The lowest BCUT2D eigenvalue weighted by Gasteiger charge is -2.26. The molecule has 0 aliphatic heterocycles. The second kappa shape index (κ2) is 10.2. The van der Waals surface area contributed by atoms with E-state index in [1.54, 1.807) is 0 Å². The molecule has 6 aromatic carbocycles. The summed E-state index contributed by atoms with van der Waals surface area (Å²) in [6, 6.07) is 54.3. The standard InChI is InChI=1S/C38H30N2/c1-39(33-21-23-36(24-22-33)40(34-11-4-2-5-12-34)35-13-6-3-7-14-35)32-19-16-28(17-20-32)29-18-25-38-31(26-29)27-30-10-8-9-15-37(30)38/h2-26H,27H2,1H3. The van der Waals surface area contributed by atoms with E-state index in [1.807, 2.05) is 0 Å². The van der Waals surface area contributed by atoms with Crippen molar-refractivity contribution in [1.82, 2.24) is 0 Å². The Balaban J connectivity index is 1.12. The van der Waals surface area contributed by atoms with E-state index in [9.17, 15) is 0 Å². The lowest BCUT2D eigenvalue weighted by molar-refractivity contribution is 1.20. The number of para-hydroxylation sites is 2. The second-order valence-electron chi connectivity index (χ2n) is 10.3. The maximum Gasteiger partial charge on any atom is 0.0463 e. The van der Waals surface area contributed by atoms with Crippen LogP contribution in [0.4, 0.5) is 28.4 Å². The van der Waals surface area contributed by atoms with Gasteiger partial charge in [0.25, 0.3) is 0 Å². The summed E-state index contributed by atoms with van der Waals surface area (Å²) in [5.41, 5.74) is 13.8. The molecule has 0 saturated carbocycles. The molecule has 7 rings (SSSR count). The average molecular weight is 515 g/mol. The molecule has 0 fully saturated rings. The van der Waals surface area contributed by atoms with Gasteiger partial charge in [-0.15, -0.1) is 0 Å². The topological polar surface area (TPSA) is 6.48 Å². The number of rotatable bonds is 6. The SMILES string of the molecule is CN(c1ccc(-c2ccc3c(c2)Cc2ccccc2-3)cc1)c1ccc(N(c2ccccc2)c2ccccc2)cc1. The summed E-state index contributed by atoms with van der Waals surface area (Å²) in [5, 5.41) is 0. The average Bonchev–Trinajstić information content (AvgIpc) is 3.40. The van der Waals surface area contributed by atoms with E-state index < -0.39 is 0 Å². The maximum atomic E-state index is 2.36.